The number of carbonyl (C=O) groups is 1. The van der Waals surface area contributed by atoms with Crippen molar-refractivity contribution in [3.8, 4) is 0 Å². The summed E-state index contributed by atoms with van der Waals surface area (Å²) in [4.78, 5) is 12.2. The first kappa shape index (κ1) is 12.9. The summed E-state index contributed by atoms with van der Waals surface area (Å²) in [5.41, 5.74) is 10.3. The van der Waals surface area contributed by atoms with Crippen LogP contribution in [0, 0.1) is 0 Å². The van der Waals surface area contributed by atoms with E-state index in [9.17, 15) is 4.79 Å². The molecule has 0 fully saturated rings. The molecule has 1 aliphatic heterocycles. The zero-order valence-corrected chi connectivity index (χ0v) is 12.1. The molecule has 108 valence electrons. The molecule has 1 amide bonds. The molecular formula is C16H11ClN4O. The van der Waals surface area contributed by atoms with E-state index in [2.05, 4.69) is 15.5 Å². The number of hydrogen-bond acceptors (Lipinski definition) is 3. The van der Waals surface area contributed by atoms with Crippen LogP contribution in [0.2, 0.25) is 5.02 Å². The number of nitrogen functional groups attached to an aromatic ring is 1. The van der Waals surface area contributed by atoms with Gasteiger partial charge in [0.2, 0.25) is 0 Å². The number of nitrogens with two attached hydrogens (primary N) is 1. The van der Waals surface area contributed by atoms with Gasteiger partial charge in [0.05, 0.1) is 11.7 Å². The molecular weight excluding hydrogens is 300 g/mol. The van der Waals surface area contributed by atoms with Gasteiger partial charge in [-0.3, -0.25) is 9.89 Å². The second-order valence-electron chi connectivity index (χ2n) is 5.14. The number of anilines is 2. The maximum absolute atomic E-state index is 12.2. The average molecular weight is 311 g/mol. The number of aromatic nitrogens is 2. The molecule has 1 aliphatic rings. The van der Waals surface area contributed by atoms with Crippen molar-refractivity contribution < 1.29 is 4.79 Å². The largest absolute Gasteiger partial charge is 0.399 e. The molecule has 2 heterocycles. The van der Waals surface area contributed by atoms with Crippen LogP contribution < -0.4 is 11.1 Å². The fourth-order valence-corrected chi connectivity index (χ4v) is 2.85. The molecule has 0 saturated carbocycles. The van der Waals surface area contributed by atoms with Crippen LogP contribution in [0.5, 0.6) is 0 Å². The van der Waals surface area contributed by atoms with Gasteiger partial charge in [-0.25, -0.2) is 0 Å². The summed E-state index contributed by atoms with van der Waals surface area (Å²) >= 11 is 6.04. The van der Waals surface area contributed by atoms with Crippen LogP contribution in [-0.4, -0.2) is 16.1 Å². The van der Waals surface area contributed by atoms with Crippen molar-refractivity contribution in [2.45, 2.75) is 0 Å². The van der Waals surface area contributed by atoms with Crippen LogP contribution in [0.1, 0.15) is 11.1 Å². The van der Waals surface area contributed by atoms with E-state index in [1.807, 2.05) is 18.2 Å². The number of fused-ring (bicyclic) bond motifs is 2. The van der Waals surface area contributed by atoms with E-state index in [4.69, 9.17) is 17.3 Å². The molecule has 4 rings (SSSR count). The molecule has 0 aliphatic carbocycles. The van der Waals surface area contributed by atoms with Gasteiger partial charge in [-0.1, -0.05) is 11.6 Å². The number of nitrogens with one attached hydrogen (secondary N) is 2. The maximum Gasteiger partial charge on any atom is 0.256 e. The van der Waals surface area contributed by atoms with E-state index in [0.29, 0.717) is 16.3 Å². The number of hydrogen-bond donors (Lipinski definition) is 3. The number of nitrogens with zero attached hydrogens (tertiary/aromatic N) is 1. The van der Waals surface area contributed by atoms with Crippen molar-refractivity contribution in [1.29, 1.82) is 0 Å². The van der Waals surface area contributed by atoms with Gasteiger partial charge in [0.1, 0.15) is 0 Å². The minimum atomic E-state index is -0.156. The van der Waals surface area contributed by atoms with E-state index in [1.165, 1.54) is 0 Å². The fraction of sp³-hybridized carbons (Fsp3) is 0. The quantitative estimate of drug-likeness (QED) is 0.476. The Kier molecular flexibility index (Phi) is 2.71. The number of halogens is 1. The van der Waals surface area contributed by atoms with Crippen LogP contribution in [0.25, 0.3) is 22.6 Å². The Balaban J connectivity index is 1.94. The molecule has 2 aromatic carbocycles. The Bertz CT molecular complexity index is 958. The van der Waals surface area contributed by atoms with Crippen molar-refractivity contribution in [1.82, 2.24) is 10.2 Å². The Morgan fingerprint density at radius 1 is 1.23 bits per heavy atom. The summed E-state index contributed by atoms with van der Waals surface area (Å²) in [6.45, 7) is 0. The summed E-state index contributed by atoms with van der Waals surface area (Å²) in [6.07, 6.45) is 3.53. The first-order valence-electron chi connectivity index (χ1n) is 6.67. The predicted octanol–water partition coefficient (Wildman–Crippen LogP) is 3.29. The van der Waals surface area contributed by atoms with Crippen molar-refractivity contribution >= 4 is 51.4 Å². The highest BCUT2D eigenvalue weighted by molar-refractivity contribution is 6.37. The van der Waals surface area contributed by atoms with Crippen LogP contribution in [0.4, 0.5) is 11.4 Å². The summed E-state index contributed by atoms with van der Waals surface area (Å²) in [7, 11) is 0. The molecule has 5 nitrogen and oxygen atoms in total. The van der Waals surface area contributed by atoms with Gasteiger partial charge in [-0.15, -0.1) is 0 Å². The van der Waals surface area contributed by atoms with Gasteiger partial charge >= 0.3 is 0 Å². The third kappa shape index (κ3) is 1.95. The monoisotopic (exact) mass is 310 g/mol. The number of benzene rings is 2. The molecule has 22 heavy (non-hydrogen) atoms. The minimum Gasteiger partial charge on any atom is -0.399 e. The van der Waals surface area contributed by atoms with Gasteiger partial charge in [-0.05, 0) is 42.0 Å². The van der Waals surface area contributed by atoms with Crippen molar-refractivity contribution in [2.24, 2.45) is 0 Å². The number of carbonyl (C=O) groups excluding carboxylic acids is 1. The molecule has 0 spiro atoms. The van der Waals surface area contributed by atoms with Gasteiger partial charge < -0.3 is 11.1 Å². The second-order valence-corrected chi connectivity index (χ2v) is 5.58. The van der Waals surface area contributed by atoms with Gasteiger partial charge in [0.25, 0.3) is 5.91 Å². The number of rotatable bonds is 1. The smallest absolute Gasteiger partial charge is 0.256 e. The van der Waals surface area contributed by atoms with E-state index < -0.39 is 0 Å². The number of aromatic amines is 1. The zero-order chi connectivity index (χ0) is 15.3. The number of H-pyrrole nitrogens is 1. The molecule has 3 aromatic rings. The summed E-state index contributed by atoms with van der Waals surface area (Å²) in [6, 6.07) is 8.95. The standard InChI is InChI=1S/C16H11ClN4O/c17-9-1-2-14-11(5-9)12(16(22)20-14)4-8-3-10(18)6-15-13(8)7-19-21-15/h1-7H,18H2,(H,19,21)(H,20,22). The lowest BCUT2D eigenvalue weighted by Crippen LogP contribution is -2.03. The van der Waals surface area contributed by atoms with Crippen LogP contribution >= 0.6 is 11.6 Å². The lowest BCUT2D eigenvalue weighted by molar-refractivity contribution is -0.110. The van der Waals surface area contributed by atoms with Gasteiger partial charge in [-0.2, -0.15) is 5.10 Å². The topological polar surface area (TPSA) is 83.8 Å². The Hall–Kier alpha value is -2.79. The second kappa shape index (κ2) is 4.61. The Labute approximate surface area is 130 Å². The van der Waals surface area contributed by atoms with E-state index in [0.717, 1.165) is 27.7 Å². The van der Waals surface area contributed by atoms with Crippen LogP contribution in [-0.2, 0) is 4.79 Å². The third-order valence-corrected chi connectivity index (χ3v) is 3.91. The first-order chi connectivity index (χ1) is 10.6. The normalized spacial score (nSPS) is 15.3. The van der Waals surface area contributed by atoms with E-state index in [-0.39, 0.29) is 5.91 Å². The Morgan fingerprint density at radius 2 is 2.09 bits per heavy atom. The molecule has 4 N–H and O–H groups in total. The summed E-state index contributed by atoms with van der Waals surface area (Å²) < 4.78 is 0. The lowest BCUT2D eigenvalue weighted by Gasteiger charge is -2.02. The zero-order valence-electron chi connectivity index (χ0n) is 11.4. The van der Waals surface area contributed by atoms with Gasteiger partial charge in [0, 0.05) is 32.9 Å². The highest BCUT2D eigenvalue weighted by Crippen LogP contribution is 2.36. The first-order valence-corrected chi connectivity index (χ1v) is 7.05. The van der Waals surface area contributed by atoms with Crippen molar-refractivity contribution in [2.75, 3.05) is 11.1 Å². The summed E-state index contributed by atoms with van der Waals surface area (Å²) in [5.74, 6) is -0.156. The molecule has 1 aromatic heterocycles. The van der Waals surface area contributed by atoms with Gasteiger partial charge in [0.15, 0.2) is 0 Å². The molecule has 0 bridgehead atoms. The lowest BCUT2D eigenvalue weighted by atomic mass is 10.0. The molecule has 0 unspecified atom stereocenters. The van der Waals surface area contributed by atoms with E-state index >= 15 is 0 Å². The highest BCUT2D eigenvalue weighted by Gasteiger charge is 2.24. The van der Waals surface area contributed by atoms with E-state index in [1.54, 1.807) is 24.4 Å². The van der Waals surface area contributed by atoms with Crippen LogP contribution in [0.3, 0.4) is 0 Å². The molecule has 0 saturated heterocycles. The highest BCUT2D eigenvalue weighted by atomic mass is 35.5. The van der Waals surface area contributed by atoms with Crippen LogP contribution in [0.15, 0.2) is 36.5 Å². The fourth-order valence-electron chi connectivity index (χ4n) is 2.68. The molecule has 0 atom stereocenters. The average Bonchev–Trinajstić information content (AvgIpc) is 3.04. The predicted molar refractivity (Wildman–Crippen MR) is 88.5 cm³/mol. The Morgan fingerprint density at radius 3 is 2.95 bits per heavy atom. The van der Waals surface area contributed by atoms with Crippen molar-refractivity contribution in [3.05, 3.63) is 52.7 Å². The molecule has 0 radical (unpaired) electrons. The third-order valence-electron chi connectivity index (χ3n) is 3.68. The minimum absolute atomic E-state index is 0.156. The SMILES string of the molecule is Nc1cc(C=C2C(=O)Nc3ccc(Cl)cc32)c2cn[nH]c2c1. The molecule has 6 heteroatoms. The maximum atomic E-state index is 12.2. The van der Waals surface area contributed by atoms with Crippen molar-refractivity contribution in [3.63, 3.8) is 0 Å². The summed E-state index contributed by atoms with van der Waals surface area (Å²) in [5, 5.41) is 11.2. The number of amides is 1.